The third-order valence-electron chi connectivity index (χ3n) is 3.21. The van der Waals surface area contributed by atoms with Crippen molar-refractivity contribution in [3.05, 3.63) is 42.0 Å². The highest BCUT2D eigenvalue weighted by Crippen LogP contribution is 2.24. The first-order chi connectivity index (χ1) is 9.45. The second-order valence-corrected chi connectivity index (χ2v) is 5.73. The fourth-order valence-electron chi connectivity index (χ4n) is 2.13. The molecule has 0 saturated heterocycles. The maximum Gasteiger partial charge on any atom is 0.319 e. The molecule has 0 aromatic heterocycles. The maximum atomic E-state index is 11.7. The van der Waals surface area contributed by atoms with E-state index < -0.39 is 0 Å². The number of urea groups is 1. The van der Waals surface area contributed by atoms with Gasteiger partial charge in [0.05, 0.1) is 0 Å². The predicted octanol–water partition coefficient (Wildman–Crippen LogP) is 4.49. The molecule has 0 bridgehead atoms. The molecule has 0 aliphatic rings. The van der Waals surface area contributed by atoms with Gasteiger partial charge in [0.2, 0.25) is 0 Å². The lowest BCUT2D eigenvalue weighted by Gasteiger charge is -2.11. The quantitative estimate of drug-likeness (QED) is 0.847. The van der Waals surface area contributed by atoms with Crippen LogP contribution in [-0.4, -0.2) is 12.1 Å². The van der Waals surface area contributed by atoms with Gasteiger partial charge in [-0.3, -0.25) is 0 Å². The van der Waals surface area contributed by atoms with Crippen LogP contribution in [0.3, 0.4) is 0 Å². The lowest BCUT2D eigenvalue weighted by molar-refractivity contribution is 0.250. The van der Waals surface area contributed by atoms with E-state index in [4.69, 9.17) is 0 Å². The molecule has 0 heterocycles. The van der Waals surface area contributed by atoms with Gasteiger partial charge in [0, 0.05) is 11.7 Å². The fraction of sp³-hybridized carbons (Fsp3) is 0.353. The van der Waals surface area contributed by atoms with Gasteiger partial charge in [-0.05, 0) is 48.2 Å². The number of anilines is 1. The molecule has 2 amide bonds. The van der Waals surface area contributed by atoms with Gasteiger partial charge in [0.15, 0.2) is 0 Å². The largest absolute Gasteiger partial charge is 0.336 e. The lowest BCUT2D eigenvalue weighted by Crippen LogP contribution is -2.34. The summed E-state index contributed by atoms with van der Waals surface area (Å²) in [6, 6.07) is 12.4. The number of amides is 2. The van der Waals surface area contributed by atoms with E-state index in [1.165, 1.54) is 10.9 Å². The predicted molar refractivity (Wildman–Crippen MR) is 85.3 cm³/mol. The summed E-state index contributed by atoms with van der Waals surface area (Å²) < 4.78 is 0. The van der Waals surface area contributed by atoms with Gasteiger partial charge in [0.1, 0.15) is 0 Å². The Morgan fingerprint density at radius 1 is 0.950 bits per heavy atom. The minimum absolute atomic E-state index is 0.129. The van der Waals surface area contributed by atoms with Gasteiger partial charge in [-0.25, -0.2) is 4.79 Å². The Morgan fingerprint density at radius 3 is 2.25 bits per heavy atom. The van der Waals surface area contributed by atoms with Crippen molar-refractivity contribution in [2.24, 2.45) is 0 Å². The zero-order chi connectivity index (χ0) is 14.7. The van der Waals surface area contributed by atoms with E-state index >= 15 is 0 Å². The van der Waals surface area contributed by atoms with Crippen molar-refractivity contribution in [2.75, 3.05) is 5.32 Å². The van der Waals surface area contributed by atoms with E-state index in [0.29, 0.717) is 5.92 Å². The number of rotatable bonds is 3. The third kappa shape index (κ3) is 3.50. The number of hydrogen-bond donors (Lipinski definition) is 2. The van der Waals surface area contributed by atoms with Gasteiger partial charge in [-0.15, -0.1) is 0 Å². The van der Waals surface area contributed by atoms with Crippen molar-refractivity contribution in [1.29, 1.82) is 0 Å². The average molecular weight is 270 g/mol. The summed E-state index contributed by atoms with van der Waals surface area (Å²) in [6.07, 6.45) is 0. The minimum atomic E-state index is -0.168. The second kappa shape index (κ2) is 5.95. The Bertz CT molecular complexity index is 617. The summed E-state index contributed by atoms with van der Waals surface area (Å²) in [4.78, 5) is 11.7. The van der Waals surface area contributed by atoms with Crippen LogP contribution in [0.25, 0.3) is 10.8 Å². The molecule has 0 saturated carbocycles. The molecule has 106 valence electrons. The highest BCUT2D eigenvalue weighted by atomic mass is 16.2. The van der Waals surface area contributed by atoms with Crippen LogP contribution in [0.4, 0.5) is 10.5 Å². The van der Waals surface area contributed by atoms with Gasteiger partial charge in [-0.1, -0.05) is 38.1 Å². The second-order valence-electron chi connectivity index (χ2n) is 5.73. The number of carbonyl (C=O) groups excluding carboxylic acids is 1. The molecule has 0 fully saturated rings. The third-order valence-corrected chi connectivity index (χ3v) is 3.21. The standard InChI is InChI=1S/C17H22N2O/c1-11(2)13-5-6-15-10-16(8-7-14(15)9-13)19-17(20)18-12(3)4/h5-12H,1-4H3,(H2,18,19,20). The van der Waals surface area contributed by atoms with E-state index in [2.05, 4.69) is 42.7 Å². The van der Waals surface area contributed by atoms with Crippen molar-refractivity contribution in [3.63, 3.8) is 0 Å². The molecule has 0 atom stereocenters. The van der Waals surface area contributed by atoms with Crippen molar-refractivity contribution < 1.29 is 4.79 Å². The molecule has 0 aliphatic carbocycles. The summed E-state index contributed by atoms with van der Waals surface area (Å²) in [5, 5.41) is 8.00. The highest BCUT2D eigenvalue weighted by Gasteiger charge is 2.05. The van der Waals surface area contributed by atoms with Gasteiger partial charge < -0.3 is 10.6 Å². The molecule has 3 nitrogen and oxygen atoms in total. The van der Waals surface area contributed by atoms with Crippen LogP contribution in [0.2, 0.25) is 0 Å². The van der Waals surface area contributed by atoms with Crippen LogP contribution in [0.15, 0.2) is 36.4 Å². The van der Waals surface area contributed by atoms with E-state index in [0.717, 1.165) is 11.1 Å². The van der Waals surface area contributed by atoms with E-state index in [9.17, 15) is 4.79 Å². The molecule has 2 N–H and O–H groups in total. The van der Waals surface area contributed by atoms with Crippen molar-refractivity contribution in [2.45, 2.75) is 39.7 Å². The fourth-order valence-corrected chi connectivity index (χ4v) is 2.13. The summed E-state index contributed by atoms with van der Waals surface area (Å²) >= 11 is 0. The first kappa shape index (κ1) is 14.4. The first-order valence-corrected chi connectivity index (χ1v) is 7.07. The monoisotopic (exact) mass is 270 g/mol. The number of benzene rings is 2. The molecule has 2 rings (SSSR count). The highest BCUT2D eigenvalue weighted by molar-refractivity contribution is 5.93. The summed E-state index contributed by atoms with van der Waals surface area (Å²) in [7, 11) is 0. The molecule has 2 aromatic rings. The van der Waals surface area contributed by atoms with Crippen LogP contribution in [0, 0.1) is 0 Å². The Hall–Kier alpha value is -2.03. The van der Waals surface area contributed by atoms with Crippen molar-refractivity contribution >= 4 is 22.5 Å². The van der Waals surface area contributed by atoms with Crippen molar-refractivity contribution in [3.8, 4) is 0 Å². The Labute approximate surface area is 120 Å². The zero-order valence-corrected chi connectivity index (χ0v) is 12.5. The molecule has 2 aromatic carbocycles. The van der Waals surface area contributed by atoms with Crippen LogP contribution in [0.5, 0.6) is 0 Å². The molecule has 0 radical (unpaired) electrons. The summed E-state index contributed by atoms with van der Waals surface area (Å²) in [5.74, 6) is 0.522. The molecular weight excluding hydrogens is 248 g/mol. The lowest BCUT2D eigenvalue weighted by atomic mass is 9.99. The SMILES string of the molecule is CC(C)NC(=O)Nc1ccc2cc(C(C)C)ccc2c1. The van der Waals surface area contributed by atoms with E-state index in [1.54, 1.807) is 0 Å². The van der Waals surface area contributed by atoms with Crippen molar-refractivity contribution in [1.82, 2.24) is 5.32 Å². The van der Waals surface area contributed by atoms with Crippen LogP contribution in [0.1, 0.15) is 39.2 Å². The summed E-state index contributed by atoms with van der Waals surface area (Å²) in [6.45, 7) is 8.25. The van der Waals surface area contributed by atoms with Gasteiger partial charge >= 0.3 is 6.03 Å². The molecule has 3 heteroatoms. The van der Waals surface area contributed by atoms with Gasteiger partial charge in [-0.2, -0.15) is 0 Å². The number of carbonyl (C=O) groups is 1. The number of nitrogens with one attached hydrogen (secondary N) is 2. The van der Waals surface area contributed by atoms with Crippen LogP contribution < -0.4 is 10.6 Å². The van der Waals surface area contributed by atoms with Crippen LogP contribution >= 0.6 is 0 Å². The topological polar surface area (TPSA) is 41.1 Å². The van der Waals surface area contributed by atoms with E-state index in [1.807, 2.05) is 32.0 Å². The van der Waals surface area contributed by atoms with Gasteiger partial charge in [0.25, 0.3) is 0 Å². The molecule has 20 heavy (non-hydrogen) atoms. The Morgan fingerprint density at radius 2 is 1.60 bits per heavy atom. The molecule has 0 spiro atoms. The molecular formula is C17H22N2O. The molecule has 0 unspecified atom stereocenters. The smallest absolute Gasteiger partial charge is 0.319 e. The first-order valence-electron chi connectivity index (χ1n) is 7.07. The number of fused-ring (bicyclic) bond motifs is 1. The van der Waals surface area contributed by atoms with E-state index in [-0.39, 0.29) is 12.1 Å². The van der Waals surface area contributed by atoms with Crippen LogP contribution in [-0.2, 0) is 0 Å². The zero-order valence-electron chi connectivity index (χ0n) is 12.5. The normalized spacial score (nSPS) is 11.1. The Kier molecular flexibility index (Phi) is 4.28. The average Bonchev–Trinajstić information content (AvgIpc) is 2.36. The molecule has 0 aliphatic heterocycles. The summed E-state index contributed by atoms with van der Waals surface area (Å²) in [5.41, 5.74) is 2.14. The Balaban J connectivity index is 2.21. The number of hydrogen-bond acceptors (Lipinski definition) is 1. The minimum Gasteiger partial charge on any atom is -0.336 e. The maximum absolute atomic E-state index is 11.7.